The van der Waals surface area contributed by atoms with Crippen molar-refractivity contribution in [1.29, 1.82) is 0 Å². The quantitative estimate of drug-likeness (QED) is 0.249. The second-order valence-electron chi connectivity index (χ2n) is 10.7. The maximum absolute atomic E-state index is 13.7. The number of hydrogen-bond donors (Lipinski definition) is 1. The Morgan fingerprint density at radius 2 is 1.67 bits per heavy atom. The van der Waals surface area contributed by atoms with Crippen LogP contribution in [0.3, 0.4) is 0 Å². The topological polar surface area (TPSA) is 115 Å². The molecule has 2 aliphatic heterocycles. The van der Waals surface area contributed by atoms with Crippen LogP contribution < -0.4 is 15.1 Å². The molecule has 3 amide bonds. The first-order chi connectivity index (χ1) is 20.1. The third-order valence-electron chi connectivity index (χ3n) is 7.71. The molecule has 1 fully saturated rings. The van der Waals surface area contributed by atoms with Crippen LogP contribution in [-0.2, 0) is 31.1 Å². The number of nitrogens with zero attached hydrogens (tertiary/aromatic N) is 2. The summed E-state index contributed by atoms with van der Waals surface area (Å²) in [6.45, 7) is 5.44. The van der Waals surface area contributed by atoms with E-state index in [1.165, 1.54) is 16.7 Å². The Morgan fingerprint density at radius 1 is 0.952 bits per heavy atom. The lowest BCUT2D eigenvalue weighted by Crippen LogP contribution is -2.41. The van der Waals surface area contributed by atoms with Gasteiger partial charge in [0.25, 0.3) is 0 Å². The average Bonchev–Trinajstić information content (AvgIpc) is 3.42. The van der Waals surface area contributed by atoms with Crippen LogP contribution in [0.5, 0.6) is 0 Å². The van der Waals surface area contributed by atoms with Crippen molar-refractivity contribution in [3.05, 3.63) is 86.8 Å². The van der Waals surface area contributed by atoms with E-state index in [-0.39, 0.29) is 29.8 Å². The number of thiazole rings is 1. The molecule has 0 unspecified atom stereocenters. The number of nitrogens with one attached hydrogen (secondary N) is 1. The van der Waals surface area contributed by atoms with Crippen LogP contribution in [0.1, 0.15) is 36.0 Å². The minimum Gasteiger partial charge on any atom is -0.462 e. The van der Waals surface area contributed by atoms with Crippen LogP contribution in [0.4, 0.5) is 11.4 Å². The van der Waals surface area contributed by atoms with Gasteiger partial charge in [-0.3, -0.25) is 23.7 Å². The van der Waals surface area contributed by atoms with Crippen molar-refractivity contribution >= 4 is 68.9 Å². The smallest absolute Gasteiger partial charge is 0.338 e. The fraction of sp³-hybridized carbons (Fsp3) is 0.258. The second kappa shape index (κ2) is 10.6. The van der Waals surface area contributed by atoms with E-state index in [2.05, 4.69) is 5.32 Å². The number of amides is 3. The van der Waals surface area contributed by atoms with Gasteiger partial charge in [-0.15, -0.1) is 0 Å². The minimum atomic E-state index is -0.835. The fourth-order valence-corrected chi connectivity index (χ4v) is 8.69. The highest BCUT2D eigenvalue weighted by Crippen LogP contribution is 2.54. The molecule has 4 aromatic rings. The number of carbonyl (C=O) groups is 4. The van der Waals surface area contributed by atoms with Gasteiger partial charge in [0.15, 0.2) is 0 Å². The summed E-state index contributed by atoms with van der Waals surface area (Å²) < 4.78 is 6.42. The monoisotopic (exact) mass is 601 g/mol. The summed E-state index contributed by atoms with van der Waals surface area (Å²) in [7, 11) is 0. The van der Waals surface area contributed by atoms with Gasteiger partial charge in [0.1, 0.15) is 11.8 Å². The zero-order valence-electron chi connectivity index (χ0n) is 23.1. The Balaban J connectivity index is 1.28. The maximum Gasteiger partial charge on any atom is 0.338 e. The van der Waals surface area contributed by atoms with Crippen LogP contribution in [0, 0.1) is 5.92 Å². The van der Waals surface area contributed by atoms with Gasteiger partial charge in [-0.25, -0.2) is 9.69 Å². The number of esters is 1. The number of imide groups is 1. The molecule has 0 radical (unpaired) electrons. The summed E-state index contributed by atoms with van der Waals surface area (Å²) in [5.74, 6) is -2.32. The Kier molecular flexibility index (Phi) is 7.02. The normalized spacial score (nSPS) is 19.0. The van der Waals surface area contributed by atoms with E-state index in [1.807, 2.05) is 56.3 Å². The van der Waals surface area contributed by atoms with Gasteiger partial charge in [-0.2, -0.15) is 0 Å². The number of benzene rings is 3. The Bertz CT molecular complexity index is 1820. The molecule has 1 saturated heterocycles. The summed E-state index contributed by atoms with van der Waals surface area (Å²) in [4.78, 5) is 67.4. The summed E-state index contributed by atoms with van der Waals surface area (Å²) in [5.41, 5.74) is 0.488. The van der Waals surface area contributed by atoms with E-state index >= 15 is 0 Å². The summed E-state index contributed by atoms with van der Waals surface area (Å²) in [5, 5.41) is 4.55. The van der Waals surface area contributed by atoms with Gasteiger partial charge in [0.05, 0.1) is 28.8 Å². The lowest BCUT2D eigenvalue weighted by atomic mass is 9.76. The first kappa shape index (κ1) is 27.9. The van der Waals surface area contributed by atoms with Gasteiger partial charge in [-0.05, 0) is 42.6 Å². The second-order valence-corrected chi connectivity index (χ2v) is 12.8. The van der Waals surface area contributed by atoms with Crippen molar-refractivity contribution in [3.63, 3.8) is 0 Å². The van der Waals surface area contributed by atoms with Crippen molar-refractivity contribution < 1.29 is 23.9 Å². The molecule has 0 saturated carbocycles. The van der Waals surface area contributed by atoms with E-state index in [0.29, 0.717) is 26.8 Å². The maximum atomic E-state index is 13.7. The van der Waals surface area contributed by atoms with Gasteiger partial charge < -0.3 is 10.1 Å². The van der Waals surface area contributed by atoms with Crippen molar-refractivity contribution in [2.75, 3.05) is 16.8 Å². The highest BCUT2D eigenvalue weighted by atomic mass is 32.2. The predicted molar refractivity (Wildman–Crippen MR) is 162 cm³/mol. The van der Waals surface area contributed by atoms with E-state index in [1.54, 1.807) is 19.1 Å². The summed E-state index contributed by atoms with van der Waals surface area (Å²) >= 11 is 2.17. The largest absolute Gasteiger partial charge is 0.462 e. The van der Waals surface area contributed by atoms with Crippen LogP contribution in [0.25, 0.3) is 10.8 Å². The molecular weight excluding hydrogens is 574 g/mol. The molecule has 3 heterocycles. The molecule has 1 N–H and O–H groups in total. The minimum absolute atomic E-state index is 0.227. The number of carbonyl (C=O) groups excluding carboxylic acids is 4. The molecule has 2 atom stereocenters. The van der Waals surface area contributed by atoms with Crippen LogP contribution >= 0.6 is 23.1 Å². The highest BCUT2D eigenvalue weighted by molar-refractivity contribution is 8.00. The van der Waals surface area contributed by atoms with Crippen molar-refractivity contribution in [2.24, 2.45) is 5.92 Å². The molecular formula is C31H27N3O6S2. The summed E-state index contributed by atoms with van der Waals surface area (Å²) in [6, 6.07) is 19.5. The molecule has 3 aromatic carbocycles. The fourth-order valence-electron chi connectivity index (χ4n) is 5.65. The zero-order chi connectivity index (χ0) is 29.8. The molecule has 0 bridgehead atoms. The zero-order valence-corrected chi connectivity index (χ0v) is 24.7. The van der Waals surface area contributed by atoms with Crippen LogP contribution in [-0.4, -0.2) is 40.1 Å². The number of rotatable bonds is 6. The Labute approximate surface area is 249 Å². The van der Waals surface area contributed by atoms with Gasteiger partial charge in [0.2, 0.25) is 17.7 Å². The molecule has 6 rings (SSSR count). The number of ether oxygens (including phenoxy) is 1. The molecule has 42 heavy (non-hydrogen) atoms. The van der Waals surface area contributed by atoms with E-state index in [9.17, 15) is 24.0 Å². The van der Waals surface area contributed by atoms with E-state index in [4.69, 9.17) is 4.74 Å². The SMILES string of the molecule is CCOC(=O)c1ccc(N2C(=O)[C@H]3Sc4c(sc(=O)n4CC(=O)Nc4cccc5ccccc45)C(C)(C)[C@H]3C2=O)cc1. The van der Waals surface area contributed by atoms with Crippen molar-refractivity contribution in [3.8, 4) is 0 Å². The molecule has 11 heteroatoms. The number of anilines is 2. The van der Waals surface area contributed by atoms with Crippen LogP contribution in [0.15, 0.2) is 76.6 Å². The third-order valence-corrected chi connectivity index (χ3v) is 10.5. The first-order valence-electron chi connectivity index (χ1n) is 13.4. The van der Waals surface area contributed by atoms with E-state index in [0.717, 1.165) is 38.8 Å². The third kappa shape index (κ3) is 4.53. The lowest BCUT2D eigenvalue weighted by Gasteiger charge is -2.36. The number of hydrogen-bond acceptors (Lipinski definition) is 8. The molecule has 0 aliphatic carbocycles. The standard InChI is InChI=1S/C31H27N3O6S2/c1-4-40-29(38)18-12-14-19(15-13-18)34-26(36)23-24(27(34)37)41-28-25(31(23,2)3)42-30(39)33(28)16-22(35)32-21-11-7-9-17-8-5-6-10-20(17)21/h5-15,23-24H,4,16H2,1-3H3,(H,32,35)/t23-,24+/m1/s1. The number of aromatic nitrogens is 1. The predicted octanol–water partition coefficient (Wildman–Crippen LogP) is 4.82. The Hall–Kier alpha value is -4.22. The van der Waals surface area contributed by atoms with Crippen molar-refractivity contribution in [2.45, 2.75) is 43.0 Å². The van der Waals surface area contributed by atoms with Gasteiger partial charge >= 0.3 is 10.8 Å². The number of thioether (sulfide) groups is 1. The first-order valence-corrected chi connectivity index (χ1v) is 15.1. The van der Waals surface area contributed by atoms with Crippen molar-refractivity contribution in [1.82, 2.24) is 4.57 Å². The average molecular weight is 602 g/mol. The molecule has 2 aliphatic rings. The summed E-state index contributed by atoms with van der Waals surface area (Å²) in [6.07, 6.45) is 0. The van der Waals surface area contributed by atoms with Gasteiger partial charge in [-0.1, -0.05) is 73.3 Å². The van der Waals surface area contributed by atoms with E-state index < -0.39 is 28.5 Å². The number of fused-ring (bicyclic) bond motifs is 3. The molecule has 9 nitrogen and oxygen atoms in total. The van der Waals surface area contributed by atoms with Crippen LogP contribution in [0.2, 0.25) is 0 Å². The van der Waals surface area contributed by atoms with Gasteiger partial charge in [0, 0.05) is 21.4 Å². The molecule has 214 valence electrons. The highest BCUT2D eigenvalue weighted by Gasteiger charge is 2.59. The molecule has 1 aromatic heterocycles. The Morgan fingerprint density at radius 3 is 2.40 bits per heavy atom. The lowest BCUT2D eigenvalue weighted by molar-refractivity contribution is -0.123. The molecule has 0 spiro atoms.